The molecule has 4 N–H and O–H groups in total. The van der Waals surface area contributed by atoms with Gasteiger partial charge in [-0.05, 0) is 12.5 Å². The molecule has 0 saturated heterocycles. The normalized spacial score (nSPS) is 21.0. The Labute approximate surface area is 177 Å². The predicted molar refractivity (Wildman–Crippen MR) is 103 cm³/mol. The molecule has 9 nitrogen and oxygen atoms in total. The number of rotatable bonds is 4. The van der Waals surface area contributed by atoms with Crippen LogP contribution in [0.3, 0.4) is 0 Å². The van der Waals surface area contributed by atoms with E-state index in [2.05, 4.69) is 25.8 Å². The number of anilines is 2. The van der Waals surface area contributed by atoms with Gasteiger partial charge in [-0.25, -0.2) is 18.3 Å². The summed E-state index contributed by atoms with van der Waals surface area (Å²) >= 11 is 0. The van der Waals surface area contributed by atoms with Gasteiger partial charge in [-0.15, -0.1) is 0 Å². The summed E-state index contributed by atoms with van der Waals surface area (Å²) in [4.78, 5) is 17.0. The van der Waals surface area contributed by atoms with Crippen molar-refractivity contribution >= 4 is 23.1 Å². The molecular formula is C18H19F5N8O. The van der Waals surface area contributed by atoms with Crippen LogP contribution in [0.15, 0.2) is 24.7 Å². The number of hydrogen-bond acceptors (Lipinski definition) is 6. The third-order valence-electron chi connectivity index (χ3n) is 5.16. The van der Waals surface area contributed by atoms with Crippen molar-refractivity contribution in [3.63, 3.8) is 0 Å². The molecule has 0 aromatic carbocycles. The predicted octanol–water partition coefficient (Wildman–Crippen LogP) is 2.66. The number of halogens is 5. The van der Waals surface area contributed by atoms with Crippen molar-refractivity contribution in [2.75, 3.05) is 10.6 Å². The second-order valence-electron chi connectivity index (χ2n) is 7.67. The minimum absolute atomic E-state index is 0.0691. The second kappa shape index (κ2) is 7.69. The number of nitrogens with one attached hydrogen (secondary N) is 2. The fraction of sp³-hybridized carbons (Fsp3) is 0.444. The molecule has 1 aliphatic carbocycles. The first-order valence-electron chi connectivity index (χ1n) is 9.59. The highest BCUT2D eigenvalue weighted by atomic mass is 19.4. The van der Waals surface area contributed by atoms with Gasteiger partial charge in [0.1, 0.15) is 11.4 Å². The molecule has 32 heavy (non-hydrogen) atoms. The zero-order valence-electron chi connectivity index (χ0n) is 16.7. The first-order valence-corrected chi connectivity index (χ1v) is 9.59. The van der Waals surface area contributed by atoms with Crippen LogP contribution in [0.5, 0.6) is 0 Å². The Bertz CT molecular complexity index is 1150. The van der Waals surface area contributed by atoms with Crippen LogP contribution in [0.1, 0.15) is 35.3 Å². The summed E-state index contributed by atoms with van der Waals surface area (Å²) in [5.41, 5.74) is 4.11. The molecule has 0 radical (unpaired) electrons. The average Bonchev–Trinajstić information content (AvgIpc) is 3.26. The molecule has 3 heterocycles. The standard InChI is InChI=1S/C18H19F5N8O/c1-30-8-12(14(29-30)18(21,22)23)27-16(32)9-7-25-31-5-3-13(28-15(9)31)26-11-2-4-17(19,20)6-10(11)24/h3,5,7-8,10-11H,2,4,6,24H2,1H3,(H,26,28)(H,27,32)/t10-,11+/m1/s1. The summed E-state index contributed by atoms with van der Waals surface area (Å²) in [5, 5.41) is 12.5. The van der Waals surface area contributed by atoms with E-state index in [-0.39, 0.29) is 29.9 Å². The van der Waals surface area contributed by atoms with Gasteiger partial charge in [0, 0.05) is 44.4 Å². The van der Waals surface area contributed by atoms with Crippen molar-refractivity contribution in [2.24, 2.45) is 12.8 Å². The van der Waals surface area contributed by atoms with Gasteiger partial charge in [-0.2, -0.15) is 23.4 Å². The van der Waals surface area contributed by atoms with Crippen molar-refractivity contribution in [1.82, 2.24) is 24.4 Å². The fourth-order valence-electron chi connectivity index (χ4n) is 3.63. The summed E-state index contributed by atoms with van der Waals surface area (Å²) in [5.74, 6) is -3.40. The number of aromatic nitrogens is 5. The molecule has 1 saturated carbocycles. The first kappa shape index (κ1) is 21.9. The molecule has 0 unspecified atom stereocenters. The SMILES string of the molecule is Cn1cc(NC(=O)c2cnn3ccc(N[C@H]4CCC(F)(F)C[C@H]4N)nc23)c(C(F)(F)F)n1. The maximum atomic E-state index is 13.5. The lowest BCUT2D eigenvalue weighted by molar-refractivity contribution is -0.140. The van der Waals surface area contributed by atoms with E-state index in [0.717, 1.165) is 17.1 Å². The van der Waals surface area contributed by atoms with Gasteiger partial charge in [0.05, 0.1) is 11.9 Å². The number of alkyl halides is 5. The largest absolute Gasteiger partial charge is 0.437 e. The van der Waals surface area contributed by atoms with E-state index < -0.39 is 47.9 Å². The molecule has 1 aliphatic rings. The van der Waals surface area contributed by atoms with E-state index in [9.17, 15) is 26.7 Å². The molecule has 172 valence electrons. The van der Waals surface area contributed by atoms with Crippen LogP contribution < -0.4 is 16.4 Å². The molecule has 2 atom stereocenters. The molecular weight excluding hydrogens is 439 g/mol. The Morgan fingerprint density at radius 2 is 2.09 bits per heavy atom. The Hall–Kier alpha value is -3.29. The molecule has 14 heteroatoms. The molecule has 4 rings (SSSR count). The van der Waals surface area contributed by atoms with Crippen LogP contribution >= 0.6 is 0 Å². The number of carbonyl (C=O) groups excluding carboxylic acids is 1. The first-order chi connectivity index (χ1) is 14.9. The van der Waals surface area contributed by atoms with Gasteiger partial charge in [-0.1, -0.05) is 0 Å². The number of nitrogens with zero attached hydrogens (tertiary/aromatic N) is 5. The van der Waals surface area contributed by atoms with Gasteiger partial charge >= 0.3 is 6.18 Å². The average molecular weight is 458 g/mol. The Morgan fingerprint density at radius 3 is 2.78 bits per heavy atom. The van der Waals surface area contributed by atoms with Gasteiger partial charge < -0.3 is 16.4 Å². The third kappa shape index (κ3) is 4.35. The Kier molecular flexibility index (Phi) is 5.27. The van der Waals surface area contributed by atoms with E-state index in [1.807, 2.05) is 0 Å². The highest BCUT2D eigenvalue weighted by Gasteiger charge is 2.40. The highest BCUT2D eigenvalue weighted by Crippen LogP contribution is 2.34. The summed E-state index contributed by atoms with van der Waals surface area (Å²) in [6, 6.07) is 0.287. The lowest BCUT2D eigenvalue weighted by Crippen LogP contribution is -2.48. The highest BCUT2D eigenvalue weighted by molar-refractivity contribution is 6.08. The number of amides is 1. The summed E-state index contributed by atoms with van der Waals surface area (Å²) in [6.07, 6.45) is -1.71. The van der Waals surface area contributed by atoms with Crippen LogP contribution in [0.4, 0.5) is 33.5 Å². The van der Waals surface area contributed by atoms with Gasteiger partial charge in [0.15, 0.2) is 11.3 Å². The van der Waals surface area contributed by atoms with E-state index >= 15 is 0 Å². The minimum atomic E-state index is -4.75. The van der Waals surface area contributed by atoms with Crippen LogP contribution in [0.25, 0.3) is 5.65 Å². The summed E-state index contributed by atoms with van der Waals surface area (Å²) in [6.45, 7) is 0. The quantitative estimate of drug-likeness (QED) is 0.518. The van der Waals surface area contributed by atoms with Gasteiger partial charge in [0.2, 0.25) is 5.92 Å². The van der Waals surface area contributed by atoms with Crippen LogP contribution in [-0.4, -0.2) is 48.3 Å². The molecule has 0 bridgehead atoms. The molecule has 1 fully saturated rings. The van der Waals surface area contributed by atoms with Crippen LogP contribution in [0, 0.1) is 0 Å². The lowest BCUT2D eigenvalue weighted by Gasteiger charge is -2.34. The maximum absolute atomic E-state index is 13.5. The smallest absolute Gasteiger partial charge is 0.366 e. The Balaban J connectivity index is 1.56. The van der Waals surface area contributed by atoms with Crippen molar-refractivity contribution in [2.45, 2.75) is 43.4 Å². The van der Waals surface area contributed by atoms with Gasteiger partial charge in [-0.3, -0.25) is 9.48 Å². The van der Waals surface area contributed by atoms with E-state index in [1.54, 1.807) is 0 Å². The number of nitrogens with two attached hydrogens (primary N) is 1. The number of hydrogen-bond donors (Lipinski definition) is 3. The second-order valence-corrected chi connectivity index (χ2v) is 7.67. The maximum Gasteiger partial charge on any atom is 0.437 e. The fourth-order valence-corrected chi connectivity index (χ4v) is 3.63. The number of aryl methyl sites for hydroxylation is 1. The van der Waals surface area contributed by atoms with E-state index in [0.29, 0.717) is 0 Å². The van der Waals surface area contributed by atoms with Crippen LogP contribution in [-0.2, 0) is 13.2 Å². The molecule has 0 aliphatic heterocycles. The van der Waals surface area contributed by atoms with Crippen molar-refractivity contribution in [3.8, 4) is 0 Å². The summed E-state index contributed by atoms with van der Waals surface area (Å²) < 4.78 is 68.6. The zero-order valence-corrected chi connectivity index (χ0v) is 16.7. The number of carbonyl (C=O) groups is 1. The molecule has 1 amide bonds. The van der Waals surface area contributed by atoms with Crippen molar-refractivity contribution in [3.05, 3.63) is 35.9 Å². The molecule has 3 aromatic heterocycles. The summed E-state index contributed by atoms with van der Waals surface area (Å²) in [7, 11) is 1.30. The van der Waals surface area contributed by atoms with Gasteiger partial charge in [0.25, 0.3) is 5.91 Å². The van der Waals surface area contributed by atoms with E-state index in [4.69, 9.17) is 5.73 Å². The van der Waals surface area contributed by atoms with E-state index in [1.165, 1.54) is 23.8 Å². The molecule has 3 aromatic rings. The van der Waals surface area contributed by atoms with Crippen molar-refractivity contribution < 1.29 is 26.7 Å². The molecule has 0 spiro atoms. The third-order valence-corrected chi connectivity index (χ3v) is 5.16. The zero-order chi connectivity index (χ0) is 23.3. The van der Waals surface area contributed by atoms with Crippen molar-refractivity contribution in [1.29, 1.82) is 0 Å². The monoisotopic (exact) mass is 458 g/mol. The number of fused-ring (bicyclic) bond motifs is 1. The van der Waals surface area contributed by atoms with Crippen LogP contribution in [0.2, 0.25) is 0 Å². The topological polar surface area (TPSA) is 115 Å². The lowest BCUT2D eigenvalue weighted by atomic mass is 9.88. The Morgan fingerprint density at radius 1 is 1.34 bits per heavy atom. The minimum Gasteiger partial charge on any atom is -0.366 e.